The fourth-order valence-electron chi connectivity index (χ4n) is 0.440. The van der Waals surface area contributed by atoms with Crippen LogP contribution < -0.4 is 11.2 Å². The standard InChI is InChI=1S/C4H10N2O5S2/c5-3(1-2-12)4(7)6-11-13(8,9)10/h3,12H,1-2,5H2,(H,6,7)(H,8,9,10)/t3-/m0/s1. The van der Waals surface area contributed by atoms with Crippen LogP contribution in [0.3, 0.4) is 0 Å². The molecule has 0 aromatic carbocycles. The number of rotatable bonds is 5. The van der Waals surface area contributed by atoms with Gasteiger partial charge in [0.1, 0.15) is 0 Å². The van der Waals surface area contributed by atoms with Gasteiger partial charge in [-0.2, -0.15) is 21.0 Å². The van der Waals surface area contributed by atoms with Gasteiger partial charge in [0.25, 0.3) is 5.91 Å². The van der Waals surface area contributed by atoms with Crippen LogP contribution in [-0.2, 0) is 19.5 Å². The molecule has 1 amide bonds. The van der Waals surface area contributed by atoms with E-state index in [9.17, 15) is 13.2 Å². The van der Waals surface area contributed by atoms with Crippen LogP contribution in [0.1, 0.15) is 6.42 Å². The minimum atomic E-state index is -4.67. The summed E-state index contributed by atoms with van der Waals surface area (Å²) in [7, 11) is -4.67. The van der Waals surface area contributed by atoms with E-state index in [0.717, 1.165) is 0 Å². The molecule has 0 aromatic rings. The number of hydroxylamine groups is 1. The molecule has 0 aliphatic heterocycles. The topological polar surface area (TPSA) is 119 Å². The maximum absolute atomic E-state index is 10.8. The van der Waals surface area contributed by atoms with Gasteiger partial charge in [0.2, 0.25) is 0 Å². The van der Waals surface area contributed by atoms with E-state index >= 15 is 0 Å². The van der Waals surface area contributed by atoms with Crippen molar-refractivity contribution >= 4 is 28.9 Å². The van der Waals surface area contributed by atoms with Crippen LogP contribution in [0.4, 0.5) is 0 Å². The third-order valence-corrected chi connectivity index (χ3v) is 1.58. The molecule has 0 heterocycles. The van der Waals surface area contributed by atoms with Gasteiger partial charge >= 0.3 is 10.4 Å². The Morgan fingerprint density at radius 3 is 2.62 bits per heavy atom. The molecular weight excluding hydrogens is 220 g/mol. The zero-order chi connectivity index (χ0) is 10.5. The molecule has 0 bridgehead atoms. The monoisotopic (exact) mass is 230 g/mol. The van der Waals surface area contributed by atoms with E-state index in [4.69, 9.17) is 10.3 Å². The molecule has 13 heavy (non-hydrogen) atoms. The predicted molar refractivity (Wildman–Crippen MR) is 47.2 cm³/mol. The van der Waals surface area contributed by atoms with E-state index in [1.165, 1.54) is 5.48 Å². The van der Waals surface area contributed by atoms with Crippen molar-refractivity contribution in [3.8, 4) is 0 Å². The molecule has 78 valence electrons. The van der Waals surface area contributed by atoms with Crippen LogP contribution in [0, 0.1) is 0 Å². The first-order valence-electron chi connectivity index (χ1n) is 3.19. The van der Waals surface area contributed by atoms with E-state index in [0.29, 0.717) is 5.75 Å². The zero-order valence-electron chi connectivity index (χ0n) is 6.50. The Morgan fingerprint density at radius 1 is 1.69 bits per heavy atom. The highest BCUT2D eigenvalue weighted by atomic mass is 32.3. The van der Waals surface area contributed by atoms with Crippen molar-refractivity contribution < 1.29 is 22.0 Å². The number of hydrogen-bond donors (Lipinski definition) is 4. The number of amides is 1. The molecule has 0 saturated carbocycles. The summed E-state index contributed by atoms with van der Waals surface area (Å²) in [5.74, 6) is -0.466. The Hall–Kier alpha value is -0.350. The Balaban J connectivity index is 3.88. The molecule has 0 aliphatic carbocycles. The highest BCUT2D eigenvalue weighted by Gasteiger charge is 2.15. The van der Waals surface area contributed by atoms with Gasteiger partial charge in [-0.25, -0.2) is 5.48 Å². The molecule has 0 aromatic heterocycles. The summed E-state index contributed by atoms with van der Waals surface area (Å²) in [5, 5.41) is 0. The van der Waals surface area contributed by atoms with E-state index in [-0.39, 0.29) is 6.42 Å². The average Bonchev–Trinajstić information content (AvgIpc) is 1.99. The summed E-state index contributed by atoms with van der Waals surface area (Å²) >= 11 is 3.81. The van der Waals surface area contributed by atoms with Gasteiger partial charge in [-0.3, -0.25) is 9.35 Å². The molecule has 0 spiro atoms. The number of carbonyl (C=O) groups excluding carboxylic acids is 1. The maximum atomic E-state index is 10.8. The van der Waals surface area contributed by atoms with E-state index < -0.39 is 22.3 Å². The first kappa shape index (κ1) is 12.7. The van der Waals surface area contributed by atoms with Gasteiger partial charge < -0.3 is 5.73 Å². The summed E-state index contributed by atoms with van der Waals surface area (Å²) in [6.45, 7) is 0. The summed E-state index contributed by atoms with van der Waals surface area (Å²) in [6.07, 6.45) is 0.268. The largest absolute Gasteiger partial charge is 0.418 e. The average molecular weight is 230 g/mol. The molecule has 0 aliphatic rings. The Bertz CT molecular complexity index is 264. The fraction of sp³-hybridized carbons (Fsp3) is 0.750. The number of nitrogens with one attached hydrogen (secondary N) is 1. The molecule has 1 atom stereocenters. The van der Waals surface area contributed by atoms with Crippen LogP contribution in [-0.4, -0.2) is 30.7 Å². The van der Waals surface area contributed by atoms with E-state index in [2.05, 4.69) is 16.9 Å². The second kappa shape index (κ2) is 5.40. The normalized spacial score (nSPS) is 13.8. The lowest BCUT2D eigenvalue weighted by atomic mass is 10.2. The van der Waals surface area contributed by atoms with Crippen LogP contribution in [0.25, 0.3) is 0 Å². The van der Waals surface area contributed by atoms with Gasteiger partial charge in [-0.05, 0) is 12.2 Å². The highest BCUT2D eigenvalue weighted by molar-refractivity contribution is 7.80. The van der Waals surface area contributed by atoms with Gasteiger partial charge in [0.05, 0.1) is 6.04 Å². The first-order valence-corrected chi connectivity index (χ1v) is 5.18. The van der Waals surface area contributed by atoms with Crippen molar-refractivity contribution in [3.63, 3.8) is 0 Å². The minimum Gasteiger partial charge on any atom is -0.320 e. The molecule has 0 saturated heterocycles. The lowest BCUT2D eigenvalue weighted by Gasteiger charge is -2.08. The molecular formula is C4H10N2O5S2. The minimum absolute atomic E-state index is 0.268. The van der Waals surface area contributed by atoms with E-state index in [1.54, 1.807) is 0 Å². The lowest BCUT2D eigenvalue weighted by molar-refractivity contribution is -0.129. The van der Waals surface area contributed by atoms with Gasteiger partial charge in [0.15, 0.2) is 0 Å². The Kier molecular flexibility index (Phi) is 5.25. The van der Waals surface area contributed by atoms with Crippen LogP contribution in [0.5, 0.6) is 0 Å². The number of nitrogens with two attached hydrogens (primary N) is 1. The smallest absolute Gasteiger partial charge is 0.320 e. The molecule has 0 radical (unpaired) electrons. The first-order chi connectivity index (χ1) is 5.87. The molecule has 0 fully saturated rings. The fourth-order valence-corrected chi connectivity index (χ4v) is 0.905. The highest BCUT2D eigenvalue weighted by Crippen LogP contribution is 1.91. The molecule has 4 N–H and O–H groups in total. The van der Waals surface area contributed by atoms with Crippen molar-refractivity contribution in [1.29, 1.82) is 0 Å². The van der Waals surface area contributed by atoms with E-state index in [1.807, 2.05) is 0 Å². The molecule has 0 rings (SSSR count). The van der Waals surface area contributed by atoms with Crippen LogP contribution in [0.2, 0.25) is 0 Å². The third-order valence-electron chi connectivity index (χ3n) is 1.02. The third kappa shape index (κ3) is 6.78. The van der Waals surface area contributed by atoms with Crippen molar-refractivity contribution in [2.75, 3.05) is 5.75 Å². The van der Waals surface area contributed by atoms with Crippen molar-refractivity contribution in [1.82, 2.24) is 5.48 Å². The Morgan fingerprint density at radius 2 is 2.23 bits per heavy atom. The number of hydrogen-bond acceptors (Lipinski definition) is 6. The van der Waals surface area contributed by atoms with Crippen molar-refractivity contribution in [2.24, 2.45) is 5.73 Å². The Labute approximate surface area is 80.9 Å². The van der Waals surface area contributed by atoms with Gasteiger partial charge in [0, 0.05) is 0 Å². The van der Waals surface area contributed by atoms with Crippen molar-refractivity contribution in [2.45, 2.75) is 12.5 Å². The number of thiol groups is 1. The summed E-state index contributed by atoms with van der Waals surface area (Å²) in [6, 6.07) is -0.917. The van der Waals surface area contributed by atoms with Crippen LogP contribution in [0.15, 0.2) is 0 Å². The second-order valence-corrected chi connectivity index (χ2v) is 3.57. The molecule has 0 unspecified atom stereocenters. The van der Waals surface area contributed by atoms with Crippen LogP contribution >= 0.6 is 12.6 Å². The van der Waals surface area contributed by atoms with Crippen molar-refractivity contribution in [3.05, 3.63) is 0 Å². The SMILES string of the molecule is N[C@@H](CCS)C(=O)NOS(=O)(=O)O. The molecule has 7 nitrogen and oxygen atoms in total. The second-order valence-electron chi connectivity index (χ2n) is 2.10. The zero-order valence-corrected chi connectivity index (χ0v) is 8.22. The molecule has 9 heteroatoms. The summed E-state index contributed by atoms with van der Waals surface area (Å²) < 4.78 is 31.6. The summed E-state index contributed by atoms with van der Waals surface area (Å²) in [4.78, 5) is 10.8. The van der Waals surface area contributed by atoms with Gasteiger partial charge in [-0.15, -0.1) is 4.28 Å². The quantitative estimate of drug-likeness (QED) is 0.259. The number of carbonyl (C=O) groups is 1. The maximum Gasteiger partial charge on any atom is 0.418 e. The predicted octanol–water partition coefficient (Wildman–Crippen LogP) is -1.52. The lowest BCUT2D eigenvalue weighted by Crippen LogP contribution is -2.41. The summed E-state index contributed by atoms with van der Waals surface area (Å²) in [5.41, 5.74) is 6.71. The van der Waals surface area contributed by atoms with Gasteiger partial charge in [-0.1, -0.05) is 0 Å².